The van der Waals surface area contributed by atoms with E-state index in [1.165, 1.54) is 57.8 Å². The van der Waals surface area contributed by atoms with Gasteiger partial charge < -0.3 is 28.5 Å². The van der Waals surface area contributed by atoms with Crippen molar-refractivity contribution < 1.29 is 37.3 Å². The Morgan fingerprint density at radius 1 is 0.486 bits per heavy atom. The van der Waals surface area contributed by atoms with Crippen molar-refractivity contribution in [2.24, 2.45) is 0 Å². The third-order valence-corrected chi connectivity index (χ3v) is 13.1. The summed E-state index contributed by atoms with van der Waals surface area (Å²) < 4.78 is 30.2. The van der Waals surface area contributed by atoms with Gasteiger partial charge in [0.1, 0.15) is 19.3 Å². The normalized spacial score (nSPS) is 14.6. The molecule has 0 rings (SSSR count). The Morgan fingerprint density at radius 3 is 1.31 bits per heavy atom. The smallest absolute Gasteiger partial charge is 0.306 e. The molecule has 0 aliphatic rings. The van der Waals surface area contributed by atoms with Gasteiger partial charge in [0.05, 0.1) is 33.8 Å². The van der Waals surface area contributed by atoms with Crippen LogP contribution in [0.3, 0.4) is 0 Å². The van der Waals surface area contributed by atoms with E-state index in [1.807, 2.05) is 27.2 Å². The topological polar surface area (TPSA) is 114 Å². The number of phosphoric acid groups is 1. The number of hydrogen-bond acceptors (Lipinski definition) is 7. The van der Waals surface area contributed by atoms with Crippen LogP contribution in [0.4, 0.5) is 0 Å². The van der Waals surface area contributed by atoms with E-state index in [2.05, 4.69) is 135 Å². The number of carbonyl (C=O) groups excluding carboxylic acids is 2. The summed E-state index contributed by atoms with van der Waals surface area (Å²) in [6.45, 7) is 6.54. The molecule has 0 aromatic carbocycles. The third kappa shape index (κ3) is 53.2. The number of carbonyl (C=O) groups is 2. The van der Waals surface area contributed by atoms with Crippen LogP contribution in [0.2, 0.25) is 0 Å². The summed E-state index contributed by atoms with van der Waals surface area (Å²) in [6.07, 6.45) is 73.1. The Bertz CT molecular complexity index is 1680. The number of allylic oxidation sites excluding steroid dienone is 19. The van der Waals surface area contributed by atoms with E-state index < -0.39 is 32.5 Å². The molecule has 0 aromatic rings. The van der Waals surface area contributed by atoms with E-state index in [-0.39, 0.29) is 25.4 Å². The molecule has 3 atom stereocenters. The number of nitrogens with zero attached hydrogens (tertiary/aromatic N) is 1. The number of likely N-dealkylation sites (N-methyl/N-ethyl adjacent to an activating group) is 1. The Labute approximate surface area is 454 Å². The second kappa shape index (κ2) is 52.8. The molecule has 1 amide bonds. The molecule has 74 heavy (non-hydrogen) atoms. The van der Waals surface area contributed by atoms with Crippen LogP contribution in [0.25, 0.3) is 0 Å². The number of quaternary nitrogens is 1. The zero-order valence-electron chi connectivity index (χ0n) is 48.0. The lowest BCUT2D eigenvalue weighted by molar-refractivity contribution is -0.870. The van der Waals surface area contributed by atoms with Crippen molar-refractivity contribution in [2.45, 2.75) is 232 Å². The summed E-state index contributed by atoms with van der Waals surface area (Å²) in [5, 5.41) is 2.99. The van der Waals surface area contributed by atoms with Gasteiger partial charge in [-0.05, 0) is 115 Å². The fourth-order valence-electron chi connectivity index (χ4n) is 7.65. The second-order valence-electron chi connectivity index (χ2n) is 20.4. The van der Waals surface area contributed by atoms with Gasteiger partial charge in [-0.1, -0.05) is 213 Å². The van der Waals surface area contributed by atoms with Crippen molar-refractivity contribution in [1.29, 1.82) is 0 Å². The van der Waals surface area contributed by atoms with Gasteiger partial charge >= 0.3 is 5.97 Å². The van der Waals surface area contributed by atoms with Gasteiger partial charge in [0, 0.05) is 12.8 Å². The van der Waals surface area contributed by atoms with Crippen LogP contribution in [-0.4, -0.2) is 69.4 Å². The number of esters is 1. The van der Waals surface area contributed by atoms with E-state index in [0.717, 1.165) is 116 Å². The minimum atomic E-state index is -4.72. The molecule has 0 saturated heterocycles. The Balaban J connectivity index is 5.45. The number of ether oxygens (including phenoxy) is 1. The van der Waals surface area contributed by atoms with Gasteiger partial charge in [-0.2, -0.15) is 0 Å². The van der Waals surface area contributed by atoms with Gasteiger partial charge in [0.2, 0.25) is 5.91 Å². The highest BCUT2D eigenvalue weighted by molar-refractivity contribution is 7.45. The van der Waals surface area contributed by atoms with Crippen LogP contribution >= 0.6 is 7.82 Å². The number of amides is 1. The number of unbranched alkanes of at least 4 members (excludes halogenated alkanes) is 17. The van der Waals surface area contributed by atoms with E-state index in [0.29, 0.717) is 23.9 Å². The number of hydrogen-bond donors (Lipinski definition) is 1. The predicted molar refractivity (Wildman–Crippen MR) is 316 cm³/mol. The summed E-state index contributed by atoms with van der Waals surface area (Å²) in [5.74, 6) is -0.628. The summed E-state index contributed by atoms with van der Waals surface area (Å²) in [4.78, 5) is 39.9. The molecule has 0 aliphatic carbocycles. The molecule has 0 radical (unpaired) electrons. The zero-order valence-corrected chi connectivity index (χ0v) is 48.9. The Morgan fingerprint density at radius 2 is 0.865 bits per heavy atom. The predicted octanol–water partition coefficient (Wildman–Crippen LogP) is 17.3. The first-order valence-electron chi connectivity index (χ1n) is 29.3. The summed E-state index contributed by atoms with van der Waals surface area (Å²) in [6, 6.07) is -0.926. The third-order valence-electron chi connectivity index (χ3n) is 12.1. The van der Waals surface area contributed by atoms with Crippen LogP contribution in [-0.2, 0) is 27.9 Å². The summed E-state index contributed by atoms with van der Waals surface area (Å²) in [5.41, 5.74) is 0. The molecule has 0 spiro atoms. The molecule has 0 heterocycles. The molecule has 1 N–H and O–H groups in total. The molecule has 3 unspecified atom stereocenters. The van der Waals surface area contributed by atoms with E-state index in [4.69, 9.17) is 13.8 Å². The number of nitrogens with one attached hydrogen (secondary N) is 1. The molecule has 0 bridgehead atoms. The molecular formula is C64H109N2O7P. The van der Waals surface area contributed by atoms with Gasteiger partial charge in [-0.3, -0.25) is 14.2 Å². The molecule has 0 aliphatic heterocycles. The van der Waals surface area contributed by atoms with Gasteiger partial charge in [-0.15, -0.1) is 0 Å². The van der Waals surface area contributed by atoms with Crippen LogP contribution in [0, 0.1) is 0 Å². The fourth-order valence-corrected chi connectivity index (χ4v) is 8.38. The number of phosphoric ester groups is 1. The first kappa shape index (κ1) is 70.4. The van der Waals surface area contributed by atoms with Crippen LogP contribution < -0.4 is 10.2 Å². The molecule has 422 valence electrons. The summed E-state index contributed by atoms with van der Waals surface area (Å²) in [7, 11) is 1.12. The van der Waals surface area contributed by atoms with Crippen LogP contribution in [0.15, 0.2) is 122 Å². The fraction of sp³-hybridized carbons (Fsp3) is 0.656. The molecule has 0 fully saturated rings. The van der Waals surface area contributed by atoms with Crippen molar-refractivity contribution in [3.63, 3.8) is 0 Å². The van der Waals surface area contributed by atoms with Gasteiger partial charge in [0.25, 0.3) is 7.82 Å². The van der Waals surface area contributed by atoms with Crippen molar-refractivity contribution >= 4 is 19.7 Å². The highest BCUT2D eigenvalue weighted by Gasteiger charge is 2.27. The van der Waals surface area contributed by atoms with Gasteiger partial charge in [-0.25, -0.2) is 0 Å². The average Bonchev–Trinajstić information content (AvgIpc) is 3.36. The monoisotopic (exact) mass is 1050 g/mol. The van der Waals surface area contributed by atoms with Gasteiger partial charge in [0.15, 0.2) is 0 Å². The molecule has 10 heteroatoms. The van der Waals surface area contributed by atoms with E-state index >= 15 is 0 Å². The van der Waals surface area contributed by atoms with Crippen molar-refractivity contribution in [2.75, 3.05) is 40.9 Å². The second-order valence-corrected chi connectivity index (χ2v) is 21.8. The standard InChI is InChI=1S/C64H109N2O7P/c1-7-10-13-16-19-22-25-28-30-31-32-33-34-35-36-39-42-45-48-51-54-57-64(68)73-62(55-52-49-46-43-40-37-27-24-21-18-15-12-9-3)61(60-72-74(69,70)71-59-58-66(4,5)6)65-63(67)56-53-50-47-44-41-38-29-26-23-20-17-14-11-8-2/h10-11,13-14,19-20,22-23,28-30,32-33,35-36,38,42,45,52,55,61-62H,7-9,12,15-18,21,24-27,31,34,37,39-41,43-44,46-51,53-54,56-60H2,1-6H3,(H-,65,67,69,70)/b13-10-,14-11+,22-19-,23-20+,30-28-,33-32-,36-35-,38-29+,45-42-,55-52-. The lowest BCUT2D eigenvalue weighted by Gasteiger charge is -2.30. The first-order valence-corrected chi connectivity index (χ1v) is 30.8. The average molecular weight is 1050 g/mol. The van der Waals surface area contributed by atoms with Crippen LogP contribution in [0.1, 0.15) is 220 Å². The molecular weight excluding hydrogens is 940 g/mol. The quantitative estimate of drug-likeness (QED) is 0.0212. The van der Waals surface area contributed by atoms with E-state index in [9.17, 15) is 19.0 Å². The SMILES string of the molecule is CC/C=C\C/C=C\C/C=C\C/C=C\C/C=C\C/C=C\CCCCC(=O)OC(/C=C\CCCCCCCCCCCCC)C(COP(=O)([O-])OCC[N+](C)(C)C)NC(=O)CCCCCC/C=C/C/C=C/C/C=C/CC. The maximum Gasteiger partial charge on any atom is 0.306 e. The minimum Gasteiger partial charge on any atom is -0.756 e. The molecule has 9 nitrogen and oxygen atoms in total. The minimum absolute atomic E-state index is 0.0407. The maximum atomic E-state index is 13.5. The lowest BCUT2D eigenvalue weighted by Crippen LogP contribution is -2.47. The van der Waals surface area contributed by atoms with Crippen molar-refractivity contribution in [3.8, 4) is 0 Å². The molecule has 0 saturated carbocycles. The lowest BCUT2D eigenvalue weighted by atomic mass is 10.0. The first-order chi connectivity index (χ1) is 35.9. The highest BCUT2D eigenvalue weighted by Crippen LogP contribution is 2.38. The van der Waals surface area contributed by atoms with Crippen molar-refractivity contribution in [1.82, 2.24) is 5.32 Å². The summed E-state index contributed by atoms with van der Waals surface area (Å²) >= 11 is 0. The maximum absolute atomic E-state index is 13.5. The number of rotatable bonds is 51. The Hall–Kier alpha value is -3.59. The molecule has 0 aromatic heterocycles. The Kier molecular flexibility index (Phi) is 50.3. The highest BCUT2D eigenvalue weighted by atomic mass is 31.2. The zero-order chi connectivity index (χ0) is 54.3. The van der Waals surface area contributed by atoms with Crippen LogP contribution in [0.5, 0.6) is 0 Å². The van der Waals surface area contributed by atoms with Crippen molar-refractivity contribution in [3.05, 3.63) is 122 Å². The largest absolute Gasteiger partial charge is 0.756 e. The van der Waals surface area contributed by atoms with E-state index in [1.54, 1.807) is 6.08 Å².